The number of nitrogens with two attached hydrogens (primary N) is 1. The Morgan fingerprint density at radius 1 is 1.00 bits per heavy atom. The van der Waals surface area contributed by atoms with Gasteiger partial charge in [-0.1, -0.05) is 54.6 Å². The molecule has 2 atom stereocenters. The number of hydrogen-bond acceptors (Lipinski definition) is 2. The fraction of sp³-hybridized carbons (Fsp3) is 0.409. The minimum atomic E-state index is 0.0804. The molecular formula is C22H26N2O. The molecule has 1 saturated heterocycles. The summed E-state index contributed by atoms with van der Waals surface area (Å²) in [6.07, 6.45) is 5.00. The van der Waals surface area contributed by atoms with Gasteiger partial charge in [-0.15, -0.1) is 0 Å². The molecule has 4 rings (SSSR count). The minimum absolute atomic E-state index is 0.0804. The Balaban J connectivity index is 1.56. The molecule has 0 spiro atoms. The molecular weight excluding hydrogens is 308 g/mol. The zero-order valence-electron chi connectivity index (χ0n) is 14.6. The Hall–Kier alpha value is -2.13. The second kappa shape index (κ2) is 7.01. The minimum Gasteiger partial charge on any atom is -0.338 e. The van der Waals surface area contributed by atoms with E-state index in [1.165, 1.54) is 16.7 Å². The van der Waals surface area contributed by atoms with Gasteiger partial charge in [0, 0.05) is 18.5 Å². The first-order chi connectivity index (χ1) is 12.2. The van der Waals surface area contributed by atoms with Gasteiger partial charge in [-0.3, -0.25) is 4.79 Å². The molecule has 2 aromatic rings. The number of rotatable bonds is 4. The van der Waals surface area contributed by atoms with Crippen molar-refractivity contribution in [1.82, 2.24) is 4.90 Å². The quantitative estimate of drug-likeness (QED) is 0.928. The van der Waals surface area contributed by atoms with Crippen LogP contribution in [0.1, 0.15) is 31.2 Å². The Morgan fingerprint density at radius 2 is 1.76 bits per heavy atom. The fourth-order valence-corrected chi connectivity index (χ4v) is 3.94. The fourth-order valence-electron chi connectivity index (χ4n) is 3.94. The Morgan fingerprint density at radius 3 is 2.52 bits per heavy atom. The standard InChI is InChI=1S/C22H26N2O/c23-20-10-5-13-24(22(25)18-11-12-18)21(20)15-16-6-4-9-19(14-16)17-7-2-1-3-8-17/h1-4,6-9,14,18,20-21H,5,10-13,15,23H2. The predicted molar refractivity (Wildman–Crippen MR) is 101 cm³/mol. The summed E-state index contributed by atoms with van der Waals surface area (Å²) in [5.74, 6) is 0.600. The number of benzene rings is 2. The molecule has 2 unspecified atom stereocenters. The Kier molecular flexibility index (Phi) is 4.58. The maximum absolute atomic E-state index is 12.7. The second-order valence-corrected chi connectivity index (χ2v) is 7.45. The smallest absolute Gasteiger partial charge is 0.225 e. The zero-order valence-corrected chi connectivity index (χ0v) is 14.6. The number of carbonyl (C=O) groups is 1. The van der Waals surface area contributed by atoms with Crippen molar-refractivity contribution in [2.24, 2.45) is 11.7 Å². The van der Waals surface area contributed by atoms with Crippen LogP contribution in [0.4, 0.5) is 0 Å². The van der Waals surface area contributed by atoms with Crippen molar-refractivity contribution in [2.45, 2.75) is 44.2 Å². The normalized spacial score (nSPS) is 23.5. The number of hydrogen-bond donors (Lipinski definition) is 1. The van der Waals surface area contributed by atoms with Crippen molar-refractivity contribution < 1.29 is 4.79 Å². The molecule has 0 radical (unpaired) electrons. The average Bonchev–Trinajstić information content (AvgIpc) is 3.49. The Labute approximate surface area is 149 Å². The van der Waals surface area contributed by atoms with Crippen LogP contribution in [0.15, 0.2) is 54.6 Å². The number of amides is 1. The van der Waals surface area contributed by atoms with Crippen LogP contribution < -0.4 is 5.73 Å². The molecule has 25 heavy (non-hydrogen) atoms. The first-order valence-corrected chi connectivity index (χ1v) is 9.43. The van der Waals surface area contributed by atoms with E-state index in [0.717, 1.165) is 38.6 Å². The number of likely N-dealkylation sites (tertiary alicyclic amines) is 1. The molecule has 0 bridgehead atoms. The van der Waals surface area contributed by atoms with Crippen molar-refractivity contribution in [2.75, 3.05) is 6.54 Å². The van der Waals surface area contributed by atoms with E-state index < -0.39 is 0 Å². The third-order valence-electron chi connectivity index (χ3n) is 5.52. The molecule has 130 valence electrons. The maximum atomic E-state index is 12.7. The molecule has 1 amide bonds. The molecule has 0 aromatic heterocycles. The zero-order chi connectivity index (χ0) is 17.2. The lowest BCUT2D eigenvalue weighted by Gasteiger charge is -2.40. The maximum Gasteiger partial charge on any atom is 0.225 e. The van der Waals surface area contributed by atoms with E-state index in [4.69, 9.17) is 5.73 Å². The topological polar surface area (TPSA) is 46.3 Å². The molecule has 1 aliphatic heterocycles. The average molecular weight is 334 g/mol. The summed E-state index contributed by atoms with van der Waals surface area (Å²) < 4.78 is 0. The monoisotopic (exact) mass is 334 g/mol. The summed E-state index contributed by atoms with van der Waals surface area (Å²) in [5, 5.41) is 0. The number of nitrogens with zero attached hydrogens (tertiary/aromatic N) is 1. The summed E-state index contributed by atoms with van der Waals surface area (Å²) in [6.45, 7) is 0.867. The third-order valence-corrected chi connectivity index (χ3v) is 5.52. The van der Waals surface area contributed by atoms with Crippen LogP contribution in [-0.4, -0.2) is 29.4 Å². The van der Waals surface area contributed by atoms with E-state index in [0.29, 0.717) is 5.91 Å². The molecule has 2 aromatic carbocycles. The Bertz CT molecular complexity index is 739. The van der Waals surface area contributed by atoms with E-state index in [2.05, 4.69) is 53.4 Å². The summed E-state index contributed by atoms with van der Waals surface area (Å²) in [5.41, 5.74) is 10.1. The van der Waals surface area contributed by atoms with E-state index in [-0.39, 0.29) is 18.0 Å². The van der Waals surface area contributed by atoms with Gasteiger partial charge in [-0.2, -0.15) is 0 Å². The van der Waals surface area contributed by atoms with Crippen molar-refractivity contribution in [3.05, 3.63) is 60.2 Å². The first-order valence-electron chi connectivity index (χ1n) is 9.43. The lowest BCUT2D eigenvalue weighted by molar-refractivity contribution is -0.136. The van der Waals surface area contributed by atoms with Crippen molar-refractivity contribution in [3.8, 4) is 11.1 Å². The van der Waals surface area contributed by atoms with E-state index in [1.807, 2.05) is 6.07 Å². The predicted octanol–water partition coefficient (Wildman–Crippen LogP) is 3.62. The molecule has 1 saturated carbocycles. The summed E-state index contributed by atoms with van der Waals surface area (Å²) in [7, 11) is 0. The van der Waals surface area contributed by atoms with Gasteiger partial charge in [0.15, 0.2) is 0 Å². The highest BCUT2D eigenvalue weighted by molar-refractivity contribution is 5.81. The van der Waals surface area contributed by atoms with Crippen LogP contribution in [0.2, 0.25) is 0 Å². The van der Waals surface area contributed by atoms with Crippen LogP contribution in [-0.2, 0) is 11.2 Å². The lowest BCUT2D eigenvalue weighted by atomic mass is 9.90. The van der Waals surface area contributed by atoms with Crippen LogP contribution >= 0.6 is 0 Å². The van der Waals surface area contributed by atoms with Gasteiger partial charge in [-0.25, -0.2) is 0 Å². The molecule has 3 nitrogen and oxygen atoms in total. The molecule has 2 fully saturated rings. The molecule has 2 aliphatic rings. The molecule has 1 heterocycles. The summed E-state index contributed by atoms with van der Waals surface area (Å²) in [4.78, 5) is 14.7. The van der Waals surface area contributed by atoms with E-state index in [1.54, 1.807) is 0 Å². The first kappa shape index (κ1) is 16.3. The second-order valence-electron chi connectivity index (χ2n) is 7.45. The van der Waals surface area contributed by atoms with Gasteiger partial charge < -0.3 is 10.6 Å². The van der Waals surface area contributed by atoms with Gasteiger partial charge in [0.05, 0.1) is 6.04 Å². The molecule has 2 N–H and O–H groups in total. The lowest BCUT2D eigenvalue weighted by Crippen LogP contribution is -2.55. The van der Waals surface area contributed by atoms with Gasteiger partial charge >= 0.3 is 0 Å². The highest BCUT2D eigenvalue weighted by Gasteiger charge is 2.39. The van der Waals surface area contributed by atoms with Crippen LogP contribution in [0.3, 0.4) is 0 Å². The number of carbonyl (C=O) groups excluding carboxylic acids is 1. The van der Waals surface area contributed by atoms with Crippen LogP contribution in [0.5, 0.6) is 0 Å². The van der Waals surface area contributed by atoms with Crippen LogP contribution in [0, 0.1) is 5.92 Å². The molecule has 3 heteroatoms. The van der Waals surface area contributed by atoms with Crippen molar-refractivity contribution in [3.63, 3.8) is 0 Å². The third kappa shape index (κ3) is 3.62. The van der Waals surface area contributed by atoms with Crippen molar-refractivity contribution >= 4 is 5.91 Å². The van der Waals surface area contributed by atoms with Gasteiger partial charge in [0.25, 0.3) is 0 Å². The largest absolute Gasteiger partial charge is 0.338 e. The van der Waals surface area contributed by atoms with Crippen LogP contribution in [0.25, 0.3) is 11.1 Å². The number of piperidine rings is 1. The highest BCUT2D eigenvalue weighted by atomic mass is 16.2. The van der Waals surface area contributed by atoms with Crippen molar-refractivity contribution in [1.29, 1.82) is 0 Å². The van der Waals surface area contributed by atoms with Gasteiger partial charge in [0.2, 0.25) is 5.91 Å². The van der Waals surface area contributed by atoms with Gasteiger partial charge in [0.1, 0.15) is 0 Å². The van der Waals surface area contributed by atoms with Gasteiger partial charge in [-0.05, 0) is 48.8 Å². The summed E-state index contributed by atoms with van der Waals surface area (Å²) in [6, 6.07) is 19.3. The SMILES string of the molecule is NC1CCCN(C(=O)C2CC2)C1Cc1cccc(-c2ccccc2)c1. The molecule has 1 aliphatic carbocycles. The summed E-state index contributed by atoms with van der Waals surface area (Å²) >= 11 is 0. The van der Waals surface area contributed by atoms with E-state index in [9.17, 15) is 4.79 Å². The van der Waals surface area contributed by atoms with E-state index >= 15 is 0 Å². The highest BCUT2D eigenvalue weighted by Crippen LogP contribution is 2.34.